The summed E-state index contributed by atoms with van der Waals surface area (Å²) in [5.74, 6) is -0.458. The number of tetrazole rings is 1. The summed E-state index contributed by atoms with van der Waals surface area (Å²) in [5, 5.41) is 10.3. The van der Waals surface area contributed by atoms with Crippen molar-refractivity contribution in [1.82, 2.24) is 30.0 Å². The van der Waals surface area contributed by atoms with Gasteiger partial charge in [-0.05, 0) is 64.3 Å². The zero-order chi connectivity index (χ0) is 34.3. The Kier molecular flexibility index (Phi) is 9.56. The van der Waals surface area contributed by atoms with E-state index < -0.39 is 20.3 Å². The van der Waals surface area contributed by atoms with Gasteiger partial charge in [0.25, 0.3) is 5.82 Å². The van der Waals surface area contributed by atoms with Gasteiger partial charge < -0.3 is 9.16 Å². The van der Waals surface area contributed by atoms with Crippen molar-refractivity contribution < 1.29 is 22.3 Å². The van der Waals surface area contributed by atoms with Crippen molar-refractivity contribution >= 4 is 8.32 Å². The fourth-order valence-corrected chi connectivity index (χ4v) is 8.44. The summed E-state index contributed by atoms with van der Waals surface area (Å²) in [5.41, 5.74) is 3.50. The van der Waals surface area contributed by atoms with Crippen LogP contribution in [0.15, 0.2) is 78.9 Å². The topological polar surface area (TPSA) is 68.5 Å². The molecule has 1 aromatic heterocycles. The maximum absolute atomic E-state index is 13.7. The lowest BCUT2D eigenvalue weighted by atomic mass is 9.82. The molecule has 12 heteroatoms. The van der Waals surface area contributed by atoms with Gasteiger partial charge in [0.2, 0.25) is 0 Å². The van der Waals surface area contributed by atoms with Gasteiger partial charge in [-0.3, -0.25) is 9.80 Å². The standard InChI is InChI=1S/C36H45F3N6O2Si/c1-35(2,3)48(5,6)47-30-20-29-22-43(21-27-19-28(17-18-32(27)46-4)45-34(36(37,38)39)40-41-42-45)24-31(44(29)23-30)33(25-13-9-7-10-14-25)26-15-11-8-12-16-26/h7-19,29-31,33H,20-24H2,1-6H3. The molecule has 3 heterocycles. The number of piperazine rings is 1. The average Bonchev–Trinajstić information content (AvgIpc) is 3.69. The zero-order valence-electron chi connectivity index (χ0n) is 28.5. The molecule has 256 valence electrons. The third-order valence-electron chi connectivity index (χ3n) is 10.4. The second-order valence-corrected chi connectivity index (χ2v) is 19.3. The molecule has 2 aliphatic rings. The Balaban J connectivity index is 1.36. The monoisotopic (exact) mass is 678 g/mol. The van der Waals surface area contributed by atoms with Crippen molar-refractivity contribution in [2.75, 3.05) is 26.7 Å². The Morgan fingerprint density at radius 2 is 1.54 bits per heavy atom. The SMILES string of the molecule is COc1ccc(-n2nnnc2C(F)(F)F)cc1CN1CC2CC(O[Si](C)(C)C(C)(C)C)CN2C(C(c2ccccc2)c2ccccc2)C1. The third-order valence-corrected chi connectivity index (χ3v) is 14.9. The molecule has 6 rings (SSSR count). The van der Waals surface area contributed by atoms with Gasteiger partial charge >= 0.3 is 6.18 Å². The summed E-state index contributed by atoms with van der Waals surface area (Å²) in [6.07, 6.45) is -3.64. The van der Waals surface area contributed by atoms with E-state index in [0.29, 0.717) is 12.3 Å². The van der Waals surface area contributed by atoms with Gasteiger partial charge in [0.15, 0.2) is 8.32 Å². The number of halogens is 3. The smallest absolute Gasteiger partial charge is 0.453 e. The van der Waals surface area contributed by atoms with Crippen LogP contribution in [-0.4, -0.2) is 83.3 Å². The fourth-order valence-electron chi connectivity index (χ4n) is 7.09. The fraction of sp³-hybridized carbons (Fsp3) is 0.472. The Bertz CT molecular complexity index is 1640. The highest BCUT2D eigenvalue weighted by molar-refractivity contribution is 6.74. The molecule has 8 nitrogen and oxygen atoms in total. The summed E-state index contributed by atoms with van der Waals surface area (Å²) >= 11 is 0. The lowest BCUT2D eigenvalue weighted by molar-refractivity contribution is -0.146. The van der Waals surface area contributed by atoms with Gasteiger partial charge in [-0.1, -0.05) is 81.4 Å². The van der Waals surface area contributed by atoms with Gasteiger partial charge in [0.05, 0.1) is 18.9 Å². The van der Waals surface area contributed by atoms with Crippen LogP contribution in [0.25, 0.3) is 5.69 Å². The van der Waals surface area contributed by atoms with E-state index in [1.807, 2.05) is 0 Å². The molecule has 0 N–H and O–H groups in total. The molecule has 0 bridgehead atoms. The lowest BCUT2D eigenvalue weighted by Gasteiger charge is -2.47. The molecule has 0 aliphatic carbocycles. The highest BCUT2D eigenvalue weighted by Crippen LogP contribution is 2.42. The molecule has 0 amide bonds. The van der Waals surface area contributed by atoms with Crippen LogP contribution < -0.4 is 4.74 Å². The zero-order valence-corrected chi connectivity index (χ0v) is 29.5. The van der Waals surface area contributed by atoms with E-state index in [1.165, 1.54) is 11.1 Å². The van der Waals surface area contributed by atoms with E-state index in [2.05, 4.69) is 120 Å². The van der Waals surface area contributed by atoms with Crippen LogP contribution in [0.1, 0.15) is 55.6 Å². The van der Waals surface area contributed by atoms with Crippen molar-refractivity contribution in [1.29, 1.82) is 0 Å². The maximum atomic E-state index is 13.7. The summed E-state index contributed by atoms with van der Waals surface area (Å²) in [6, 6.07) is 26.7. The van der Waals surface area contributed by atoms with Crippen LogP contribution in [0.2, 0.25) is 18.1 Å². The highest BCUT2D eigenvalue weighted by Gasteiger charge is 2.48. The van der Waals surface area contributed by atoms with E-state index in [4.69, 9.17) is 9.16 Å². The number of rotatable bonds is 9. The molecule has 3 aromatic carbocycles. The number of hydrogen-bond acceptors (Lipinski definition) is 7. The van der Waals surface area contributed by atoms with E-state index in [-0.39, 0.29) is 34.8 Å². The Morgan fingerprint density at radius 1 is 0.896 bits per heavy atom. The van der Waals surface area contributed by atoms with Crippen molar-refractivity contribution in [3.05, 3.63) is 101 Å². The lowest BCUT2D eigenvalue weighted by Crippen LogP contribution is -2.58. The molecule has 2 saturated heterocycles. The minimum absolute atomic E-state index is 0.102. The van der Waals surface area contributed by atoms with Gasteiger partial charge in [-0.25, -0.2) is 0 Å². The number of methoxy groups -OCH3 is 1. The average molecular weight is 679 g/mol. The van der Waals surface area contributed by atoms with E-state index in [0.717, 1.165) is 36.3 Å². The van der Waals surface area contributed by atoms with Crippen molar-refractivity contribution in [2.24, 2.45) is 0 Å². The van der Waals surface area contributed by atoms with Gasteiger partial charge in [-0.15, -0.1) is 5.10 Å². The number of nitrogens with zero attached hydrogens (tertiary/aromatic N) is 6. The van der Waals surface area contributed by atoms with Crippen LogP contribution >= 0.6 is 0 Å². The summed E-state index contributed by atoms with van der Waals surface area (Å²) < 4.78 is 54.6. The van der Waals surface area contributed by atoms with Crippen LogP contribution in [0, 0.1) is 0 Å². The molecule has 2 fully saturated rings. The van der Waals surface area contributed by atoms with E-state index in [1.54, 1.807) is 25.3 Å². The number of aromatic nitrogens is 4. The molecule has 0 spiro atoms. The van der Waals surface area contributed by atoms with E-state index >= 15 is 0 Å². The third kappa shape index (κ3) is 7.07. The summed E-state index contributed by atoms with van der Waals surface area (Å²) in [7, 11) is -0.427. The Labute approximate surface area is 282 Å². The number of hydrogen-bond donors (Lipinski definition) is 0. The molecular weight excluding hydrogens is 634 g/mol. The molecular formula is C36H45F3N6O2Si. The van der Waals surface area contributed by atoms with Crippen LogP contribution in [0.4, 0.5) is 13.2 Å². The largest absolute Gasteiger partial charge is 0.496 e. The van der Waals surface area contributed by atoms with Crippen molar-refractivity contribution in [2.45, 2.75) is 82.2 Å². The molecule has 0 radical (unpaired) electrons. The second kappa shape index (κ2) is 13.4. The number of alkyl halides is 3. The summed E-state index contributed by atoms with van der Waals surface area (Å²) in [6.45, 7) is 14.4. The first-order chi connectivity index (χ1) is 22.7. The van der Waals surface area contributed by atoms with Gasteiger partial charge in [-0.2, -0.15) is 17.9 Å². The van der Waals surface area contributed by atoms with Gasteiger partial charge in [0, 0.05) is 49.7 Å². The Morgan fingerprint density at radius 3 is 2.12 bits per heavy atom. The molecule has 3 atom stereocenters. The van der Waals surface area contributed by atoms with Crippen LogP contribution in [0.5, 0.6) is 5.75 Å². The number of fused-ring (bicyclic) bond motifs is 1. The first kappa shape index (κ1) is 34.3. The molecule has 48 heavy (non-hydrogen) atoms. The molecule has 2 aliphatic heterocycles. The maximum Gasteiger partial charge on any atom is 0.453 e. The van der Waals surface area contributed by atoms with Crippen LogP contribution in [-0.2, 0) is 17.1 Å². The van der Waals surface area contributed by atoms with Gasteiger partial charge in [0.1, 0.15) is 5.75 Å². The number of ether oxygens (including phenoxy) is 1. The minimum Gasteiger partial charge on any atom is -0.496 e. The van der Waals surface area contributed by atoms with Crippen molar-refractivity contribution in [3.8, 4) is 11.4 Å². The normalized spacial score (nSPS) is 21.1. The quantitative estimate of drug-likeness (QED) is 0.174. The van der Waals surface area contributed by atoms with Crippen molar-refractivity contribution in [3.63, 3.8) is 0 Å². The highest BCUT2D eigenvalue weighted by atomic mass is 28.4. The second-order valence-electron chi connectivity index (χ2n) is 14.6. The summed E-state index contributed by atoms with van der Waals surface area (Å²) in [4.78, 5) is 5.09. The molecule has 3 unspecified atom stereocenters. The van der Waals surface area contributed by atoms with Crippen LogP contribution in [0.3, 0.4) is 0 Å². The van der Waals surface area contributed by atoms with E-state index in [9.17, 15) is 13.2 Å². The minimum atomic E-state index is -4.69. The number of benzene rings is 3. The Hall–Kier alpha value is -3.58. The first-order valence-electron chi connectivity index (χ1n) is 16.5. The predicted molar refractivity (Wildman–Crippen MR) is 182 cm³/mol. The first-order valence-corrected chi connectivity index (χ1v) is 19.4. The molecule has 0 saturated carbocycles. The predicted octanol–water partition coefficient (Wildman–Crippen LogP) is 7.17. The molecule has 4 aromatic rings.